The van der Waals surface area contributed by atoms with Crippen LogP contribution in [0, 0.1) is 5.92 Å². The normalized spacial score (nSPS) is 32.9. The molecule has 0 aliphatic carbocycles. The predicted octanol–water partition coefficient (Wildman–Crippen LogP) is 0.318. The zero-order valence-corrected chi connectivity index (χ0v) is 8.33. The first kappa shape index (κ1) is 9.93. The van der Waals surface area contributed by atoms with Crippen LogP contribution >= 0.6 is 0 Å². The van der Waals surface area contributed by atoms with Gasteiger partial charge in [0.25, 0.3) is 0 Å². The fourth-order valence-electron chi connectivity index (χ4n) is 1.91. The molecule has 2 aliphatic rings. The highest BCUT2D eigenvalue weighted by Crippen LogP contribution is 2.14. The number of carbonyl (C=O) groups excluding carboxylic acids is 1. The van der Waals surface area contributed by atoms with Crippen LogP contribution in [-0.2, 0) is 14.3 Å². The molecule has 0 aromatic carbocycles. The Hall–Kier alpha value is -0.610. The lowest BCUT2D eigenvalue weighted by atomic mass is 10.0. The minimum Gasteiger partial charge on any atom is -0.381 e. The van der Waals surface area contributed by atoms with Gasteiger partial charge in [0.15, 0.2) is 0 Å². The Kier molecular flexibility index (Phi) is 3.37. The Morgan fingerprint density at radius 3 is 2.64 bits per heavy atom. The van der Waals surface area contributed by atoms with Crippen molar-refractivity contribution in [2.45, 2.75) is 25.3 Å². The van der Waals surface area contributed by atoms with E-state index < -0.39 is 0 Å². The van der Waals surface area contributed by atoms with Gasteiger partial charge in [-0.3, -0.25) is 4.79 Å². The van der Waals surface area contributed by atoms with Gasteiger partial charge >= 0.3 is 0 Å². The predicted molar refractivity (Wildman–Crippen MR) is 50.9 cm³/mol. The van der Waals surface area contributed by atoms with E-state index in [4.69, 9.17) is 9.47 Å². The van der Waals surface area contributed by atoms with Gasteiger partial charge in [0.2, 0.25) is 5.91 Å². The lowest BCUT2D eigenvalue weighted by molar-refractivity contribution is -0.129. The van der Waals surface area contributed by atoms with Crippen LogP contribution in [0.25, 0.3) is 0 Å². The molecule has 4 nitrogen and oxygen atoms in total. The van der Waals surface area contributed by atoms with Crippen LogP contribution in [0.15, 0.2) is 0 Å². The third-order valence-corrected chi connectivity index (χ3v) is 2.81. The zero-order valence-electron chi connectivity index (χ0n) is 8.33. The third kappa shape index (κ3) is 2.45. The first-order chi connectivity index (χ1) is 6.86. The van der Waals surface area contributed by atoms with E-state index >= 15 is 0 Å². The number of rotatable bonds is 2. The molecule has 2 atom stereocenters. The fourth-order valence-corrected chi connectivity index (χ4v) is 1.91. The van der Waals surface area contributed by atoms with Crippen molar-refractivity contribution in [3.05, 3.63) is 0 Å². The Labute approximate surface area is 84.0 Å². The van der Waals surface area contributed by atoms with E-state index in [2.05, 4.69) is 5.32 Å². The summed E-state index contributed by atoms with van der Waals surface area (Å²) >= 11 is 0. The second kappa shape index (κ2) is 4.75. The van der Waals surface area contributed by atoms with Crippen molar-refractivity contribution in [3.8, 4) is 0 Å². The number of nitrogens with one attached hydrogen (secondary N) is 1. The van der Waals surface area contributed by atoms with Gasteiger partial charge in [-0.25, -0.2) is 0 Å². The number of ether oxygens (including phenoxy) is 2. The van der Waals surface area contributed by atoms with Crippen LogP contribution in [-0.4, -0.2) is 38.4 Å². The molecular formula is C10H17NO3. The molecular weight excluding hydrogens is 182 g/mol. The molecule has 80 valence electrons. The summed E-state index contributed by atoms with van der Waals surface area (Å²) in [6.07, 6.45) is 2.90. The first-order valence-electron chi connectivity index (χ1n) is 5.32. The maximum Gasteiger partial charge on any atom is 0.225 e. The monoisotopic (exact) mass is 199 g/mol. The molecule has 0 unspecified atom stereocenters. The molecule has 2 aliphatic heterocycles. The molecule has 1 N–H and O–H groups in total. The van der Waals surface area contributed by atoms with Crippen LogP contribution in [0.4, 0.5) is 0 Å². The summed E-state index contributed by atoms with van der Waals surface area (Å²) in [6, 6.07) is 0.226. The lowest BCUT2D eigenvalue weighted by Crippen LogP contribution is -2.41. The SMILES string of the molecule is O=C(N[C@@H]1CCOC1)[C@@H]1CCCOC1. The van der Waals surface area contributed by atoms with E-state index in [1.54, 1.807) is 0 Å². The summed E-state index contributed by atoms with van der Waals surface area (Å²) in [6.45, 7) is 2.82. The molecule has 2 saturated heterocycles. The van der Waals surface area contributed by atoms with Gasteiger partial charge in [-0.15, -0.1) is 0 Å². The molecule has 0 aromatic rings. The summed E-state index contributed by atoms with van der Waals surface area (Å²) in [7, 11) is 0. The van der Waals surface area contributed by atoms with Gasteiger partial charge in [-0.05, 0) is 19.3 Å². The molecule has 14 heavy (non-hydrogen) atoms. The molecule has 4 heteroatoms. The second-order valence-electron chi connectivity index (χ2n) is 3.98. The molecule has 1 amide bonds. The molecule has 2 rings (SSSR count). The van der Waals surface area contributed by atoms with Crippen LogP contribution in [0.2, 0.25) is 0 Å². The van der Waals surface area contributed by atoms with Gasteiger partial charge < -0.3 is 14.8 Å². The van der Waals surface area contributed by atoms with Crippen LogP contribution in [0.5, 0.6) is 0 Å². The van der Waals surface area contributed by atoms with Crippen LogP contribution in [0.3, 0.4) is 0 Å². The standard InChI is InChI=1S/C10H17NO3/c12-10(8-2-1-4-13-6-8)11-9-3-5-14-7-9/h8-9H,1-7H2,(H,11,12)/t8-,9-/m1/s1. The summed E-state index contributed by atoms with van der Waals surface area (Å²) < 4.78 is 10.5. The Bertz CT molecular complexity index is 196. The van der Waals surface area contributed by atoms with E-state index in [0.29, 0.717) is 13.2 Å². The average Bonchev–Trinajstić information content (AvgIpc) is 2.72. The van der Waals surface area contributed by atoms with Crippen molar-refractivity contribution in [1.29, 1.82) is 0 Å². The molecule has 0 spiro atoms. The van der Waals surface area contributed by atoms with Gasteiger partial charge in [0, 0.05) is 13.2 Å². The van der Waals surface area contributed by atoms with Crippen molar-refractivity contribution in [3.63, 3.8) is 0 Å². The highest BCUT2D eigenvalue weighted by atomic mass is 16.5. The third-order valence-electron chi connectivity index (χ3n) is 2.81. The van der Waals surface area contributed by atoms with Gasteiger partial charge in [0.1, 0.15) is 0 Å². The molecule has 2 fully saturated rings. The quantitative estimate of drug-likeness (QED) is 0.696. The minimum atomic E-state index is 0.0596. The van der Waals surface area contributed by atoms with E-state index in [1.165, 1.54) is 0 Å². The Morgan fingerprint density at radius 2 is 2.00 bits per heavy atom. The Morgan fingerprint density at radius 1 is 1.14 bits per heavy atom. The van der Waals surface area contributed by atoms with Gasteiger partial charge in [0.05, 0.1) is 25.2 Å². The first-order valence-corrected chi connectivity index (χ1v) is 5.32. The Balaban J connectivity index is 1.75. The van der Waals surface area contributed by atoms with Crippen molar-refractivity contribution in [1.82, 2.24) is 5.32 Å². The molecule has 0 bridgehead atoms. The van der Waals surface area contributed by atoms with Crippen LogP contribution < -0.4 is 5.32 Å². The second-order valence-corrected chi connectivity index (χ2v) is 3.98. The van der Waals surface area contributed by atoms with E-state index in [9.17, 15) is 4.79 Å². The highest BCUT2D eigenvalue weighted by molar-refractivity contribution is 5.79. The van der Waals surface area contributed by atoms with Crippen molar-refractivity contribution in [2.24, 2.45) is 5.92 Å². The summed E-state index contributed by atoms with van der Waals surface area (Å²) in [4.78, 5) is 11.7. The number of amides is 1. The van der Waals surface area contributed by atoms with Crippen molar-refractivity contribution in [2.75, 3.05) is 26.4 Å². The zero-order chi connectivity index (χ0) is 9.80. The number of hydrogen-bond donors (Lipinski definition) is 1. The molecule has 2 heterocycles. The summed E-state index contributed by atoms with van der Waals surface area (Å²) in [5.74, 6) is 0.199. The smallest absolute Gasteiger partial charge is 0.225 e. The van der Waals surface area contributed by atoms with Crippen molar-refractivity contribution >= 4 is 5.91 Å². The lowest BCUT2D eigenvalue weighted by Gasteiger charge is -2.22. The van der Waals surface area contributed by atoms with E-state index in [1.807, 2.05) is 0 Å². The van der Waals surface area contributed by atoms with E-state index in [-0.39, 0.29) is 17.9 Å². The average molecular weight is 199 g/mol. The van der Waals surface area contributed by atoms with Gasteiger partial charge in [-0.1, -0.05) is 0 Å². The summed E-state index contributed by atoms with van der Waals surface area (Å²) in [5, 5.41) is 3.00. The van der Waals surface area contributed by atoms with Crippen LogP contribution in [0.1, 0.15) is 19.3 Å². The molecule has 0 radical (unpaired) electrons. The van der Waals surface area contributed by atoms with E-state index in [0.717, 1.165) is 32.5 Å². The largest absolute Gasteiger partial charge is 0.381 e. The summed E-state index contributed by atoms with van der Waals surface area (Å²) in [5.41, 5.74) is 0. The maximum atomic E-state index is 11.7. The van der Waals surface area contributed by atoms with Crippen molar-refractivity contribution < 1.29 is 14.3 Å². The number of carbonyl (C=O) groups is 1. The minimum absolute atomic E-state index is 0.0596. The molecule has 0 aromatic heterocycles. The van der Waals surface area contributed by atoms with Gasteiger partial charge in [-0.2, -0.15) is 0 Å². The fraction of sp³-hybridized carbons (Fsp3) is 0.900. The molecule has 0 saturated carbocycles. The highest BCUT2D eigenvalue weighted by Gasteiger charge is 2.25. The maximum absolute atomic E-state index is 11.7. The topological polar surface area (TPSA) is 47.6 Å². The number of hydrogen-bond acceptors (Lipinski definition) is 3.